The summed E-state index contributed by atoms with van der Waals surface area (Å²) in [4.78, 5) is 18.3. The van der Waals surface area contributed by atoms with E-state index in [2.05, 4.69) is 4.99 Å². The van der Waals surface area contributed by atoms with Crippen molar-refractivity contribution < 1.29 is 19.0 Å². The Bertz CT molecular complexity index is 620. The van der Waals surface area contributed by atoms with Gasteiger partial charge in [-0.1, -0.05) is 12.1 Å². The van der Waals surface area contributed by atoms with Crippen molar-refractivity contribution in [3.8, 4) is 5.75 Å². The lowest BCUT2D eigenvalue weighted by Gasteiger charge is -2.34. The van der Waals surface area contributed by atoms with Crippen LogP contribution in [-0.2, 0) is 14.3 Å². The van der Waals surface area contributed by atoms with Crippen LogP contribution in [0.15, 0.2) is 40.5 Å². The molecule has 1 atom stereocenters. The monoisotopic (exact) mass is 304 g/mol. The molecule has 1 heterocycles. The summed E-state index contributed by atoms with van der Waals surface area (Å²) >= 11 is 0. The number of ether oxygens (including phenoxy) is 3. The van der Waals surface area contributed by atoms with Crippen LogP contribution in [0.4, 0.5) is 0 Å². The maximum Gasteiger partial charge on any atom is 0.338 e. The number of allylic oxidation sites excluding steroid dienone is 1. The average molecular weight is 304 g/mol. The molecule has 6 nitrogen and oxygen atoms in total. The number of methoxy groups -OCH3 is 3. The van der Waals surface area contributed by atoms with Crippen molar-refractivity contribution in [2.24, 2.45) is 4.99 Å². The number of aliphatic imine (C=N–C) groups is 1. The fourth-order valence-corrected chi connectivity index (χ4v) is 2.52. The van der Waals surface area contributed by atoms with Crippen LogP contribution in [0.3, 0.4) is 0 Å². The molecule has 0 saturated heterocycles. The number of esters is 1. The van der Waals surface area contributed by atoms with E-state index in [-0.39, 0.29) is 6.04 Å². The molecule has 1 aromatic rings. The fourth-order valence-electron chi connectivity index (χ4n) is 2.52. The molecule has 0 bridgehead atoms. The Balaban J connectivity index is 2.53. The number of hydrogen-bond acceptors (Lipinski definition) is 6. The van der Waals surface area contributed by atoms with Crippen molar-refractivity contribution in [3.63, 3.8) is 0 Å². The van der Waals surface area contributed by atoms with Gasteiger partial charge in [-0.25, -0.2) is 9.79 Å². The van der Waals surface area contributed by atoms with Gasteiger partial charge in [-0.3, -0.25) is 0 Å². The topological polar surface area (TPSA) is 60.4 Å². The molecule has 118 valence electrons. The van der Waals surface area contributed by atoms with Gasteiger partial charge in [0.1, 0.15) is 5.75 Å². The van der Waals surface area contributed by atoms with E-state index in [1.54, 1.807) is 26.0 Å². The summed E-state index contributed by atoms with van der Waals surface area (Å²) in [7, 11) is 6.36. The summed E-state index contributed by atoms with van der Waals surface area (Å²) < 4.78 is 15.4. The van der Waals surface area contributed by atoms with Crippen LogP contribution in [0.25, 0.3) is 0 Å². The van der Waals surface area contributed by atoms with Crippen molar-refractivity contribution >= 4 is 12.0 Å². The Kier molecular flexibility index (Phi) is 4.70. The minimum atomic E-state index is -0.399. The Morgan fingerprint density at radius 3 is 2.27 bits per heavy atom. The lowest BCUT2D eigenvalue weighted by molar-refractivity contribution is -0.136. The zero-order valence-corrected chi connectivity index (χ0v) is 13.4. The highest BCUT2D eigenvalue weighted by molar-refractivity contribution is 5.94. The van der Waals surface area contributed by atoms with E-state index in [1.807, 2.05) is 31.3 Å². The molecule has 0 aliphatic carbocycles. The molecular formula is C16H20N2O4. The third kappa shape index (κ3) is 2.77. The lowest BCUT2D eigenvalue weighted by Crippen LogP contribution is -2.38. The van der Waals surface area contributed by atoms with E-state index in [0.29, 0.717) is 17.3 Å². The minimum absolute atomic E-state index is 0.328. The van der Waals surface area contributed by atoms with E-state index in [4.69, 9.17) is 14.2 Å². The number of carbonyl (C=O) groups excluding carboxylic acids is 1. The van der Waals surface area contributed by atoms with Crippen LogP contribution in [0, 0.1) is 0 Å². The number of amidine groups is 1. The van der Waals surface area contributed by atoms with E-state index in [0.717, 1.165) is 11.3 Å². The predicted molar refractivity (Wildman–Crippen MR) is 82.7 cm³/mol. The molecule has 2 rings (SSSR count). The predicted octanol–water partition coefficient (Wildman–Crippen LogP) is 2.13. The number of rotatable bonds is 3. The molecule has 6 heteroatoms. The fraction of sp³-hybridized carbons (Fsp3) is 0.375. The minimum Gasteiger partial charge on any atom is -0.497 e. The summed E-state index contributed by atoms with van der Waals surface area (Å²) in [6.07, 6.45) is 0. The molecular weight excluding hydrogens is 284 g/mol. The van der Waals surface area contributed by atoms with Crippen molar-refractivity contribution in [2.75, 3.05) is 28.4 Å². The summed E-state index contributed by atoms with van der Waals surface area (Å²) in [5.41, 5.74) is 2.01. The molecule has 0 radical (unpaired) electrons. The molecule has 0 spiro atoms. The van der Waals surface area contributed by atoms with Crippen LogP contribution in [0.5, 0.6) is 5.75 Å². The summed E-state index contributed by atoms with van der Waals surface area (Å²) in [6.45, 7) is 1.77. The second-order valence-electron chi connectivity index (χ2n) is 4.88. The van der Waals surface area contributed by atoms with Crippen molar-refractivity contribution in [1.29, 1.82) is 0 Å². The number of hydrogen-bond donors (Lipinski definition) is 0. The highest BCUT2D eigenvalue weighted by Crippen LogP contribution is 2.35. The van der Waals surface area contributed by atoms with Gasteiger partial charge in [0.05, 0.1) is 38.6 Å². The SMILES string of the molecule is COC(=O)C1=C(C)N=C(OC)N(C)C1c1ccc(OC)cc1. The zero-order valence-electron chi connectivity index (χ0n) is 13.4. The highest BCUT2D eigenvalue weighted by Gasteiger charge is 2.35. The first-order valence-corrected chi connectivity index (χ1v) is 6.82. The van der Waals surface area contributed by atoms with Gasteiger partial charge in [-0.15, -0.1) is 0 Å². The van der Waals surface area contributed by atoms with Gasteiger partial charge >= 0.3 is 5.97 Å². The zero-order chi connectivity index (χ0) is 16.3. The van der Waals surface area contributed by atoms with Gasteiger partial charge in [0.15, 0.2) is 0 Å². The van der Waals surface area contributed by atoms with Crippen LogP contribution < -0.4 is 4.74 Å². The molecule has 1 aliphatic rings. The normalized spacial score (nSPS) is 18.0. The van der Waals surface area contributed by atoms with Gasteiger partial charge in [0.2, 0.25) is 0 Å². The third-order valence-corrected chi connectivity index (χ3v) is 3.64. The summed E-state index contributed by atoms with van der Waals surface area (Å²) in [5.74, 6) is 0.354. The Morgan fingerprint density at radius 1 is 1.14 bits per heavy atom. The molecule has 0 saturated carbocycles. The van der Waals surface area contributed by atoms with Crippen LogP contribution in [0.2, 0.25) is 0 Å². The van der Waals surface area contributed by atoms with Crippen LogP contribution in [0.1, 0.15) is 18.5 Å². The quantitative estimate of drug-likeness (QED) is 0.801. The van der Waals surface area contributed by atoms with Crippen LogP contribution >= 0.6 is 0 Å². The Labute approximate surface area is 130 Å². The van der Waals surface area contributed by atoms with E-state index < -0.39 is 5.97 Å². The van der Waals surface area contributed by atoms with Crippen molar-refractivity contribution in [2.45, 2.75) is 13.0 Å². The molecule has 1 aliphatic heterocycles. The first-order chi connectivity index (χ1) is 10.5. The molecule has 22 heavy (non-hydrogen) atoms. The molecule has 0 fully saturated rings. The number of likely N-dealkylation sites (N-methyl/N-ethyl adjacent to an activating group) is 1. The summed E-state index contributed by atoms with van der Waals surface area (Å²) in [5, 5.41) is 0. The third-order valence-electron chi connectivity index (χ3n) is 3.64. The standard InChI is InChI=1S/C16H20N2O4/c1-10-13(15(19)21-4)14(18(2)16(17-10)22-5)11-6-8-12(20-3)9-7-11/h6-9,14H,1-5H3. The van der Waals surface area contributed by atoms with Gasteiger partial charge in [0.25, 0.3) is 6.02 Å². The molecule has 1 aromatic carbocycles. The van der Waals surface area contributed by atoms with E-state index >= 15 is 0 Å². The van der Waals surface area contributed by atoms with Gasteiger partial charge in [0, 0.05) is 7.05 Å². The lowest BCUT2D eigenvalue weighted by atomic mass is 9.95. The van der Waals surface area contributed by atoms with Crippen LogP contribution in [-0.4, -0.2) is 45.3 Å². The second kappa shape index (κ2) is 6.51. The summed E-state index contributed by atoms with van der Waals surface area (Å²) in [6, 6.07) is 7.65. The highest BCUT2D eigenvalue weighted by atomic mass is 16.5. The van der Waals surface area contributed by atoms with Crippen molar-refractivity contribution in [3.05, 3.63) is 41.1 Å². The smallest absolute Gasteiger partial charge is 0.338 e. The maximum atomic E-state index is 12.2. The maximum absolute atomic E-state index is 12.2. The molecule has 0 amide bonds. The largest absolute Gasteiger partial charge is 0.497 e. The second-order valence-corrected chi connectivity index (χ2v) is 4.88. The van der Waals surface area contributed by atoms with E-state index in [9.17, 15) is 4.79 Å². The number of carbonyl (C=O) groups is 1. The Hall–Kier alpha value is -2.50. The van der Waals surface area contributed by atoms with Gasteiger partial charge in [-0.05, 0) is 24.6 Å². The Morgan fingerprint density at radius 2 is 1.77 bits per heavy atom. The molecule has 0 aromatic heterocycles. The van der Waals surface area contributed by atoms with Gasteiger partial charge in [-0.2, -0.15) is 0 Å². The first kappa shape index (κ1) is 15.9. The number of nitrogens with zero attached hydrogens (tertiary/aromatic N) is 2. The average Bonchev–Trinajstić information content (AvgIpc) is 2.55. The molecule has 0 N–H and O–H groups in total. The number of benzene rings is 1. The molecule has 1 unspecified atom stereocenters. The van der Waals surface area contributed by atoms with Crippen molar-refractivity contribution in [1.82, 2.24) is 4.90 Å². The first-order valence-electron chi connectivity index (χ1n) is 6.82. The van der Waals surface area contributed by atoms with E-state index in [1.165, 1.54) is 7.11 Å². The van der Waals surface area contributed by atoms with Gasteiger partial charge < -0.3 is 19.1 Å².